The number of hydrogen-bond donors (Lipinski definition) is 4. The van der Waals surface area contributed by atoms with Crippen molar-refractivity contribution in [2.75, 3.05) is 21.3 Å². The van der Waals surface area contributed by atoms with Gasteiger partial charge in [0.1, 0.15) is 23.5 Å². The molecule has 31 heavy (non-hydrogen) atoms. The van der Waals surface area contributed by atoms with Gasteiger partial charge < -0.3 is 39.4 Å². The Balaban J connectivity index is 2.14. The van der Waals surface area contributed by atoms with Gasteiger partial charge in [-0.05, 0) is 17.7 Å². The summed E-state index contributed by atoms with van der Waals surface area (Å²) in [6.45, 7) is 0. The van der Waals surface area contributed by atoms with Crippen LogP contribution < -0.4 is 0 Å². The number of ether oxygens (including phenoxy) is 4. The van der Waals surface area contributed by atoms with Crippen LogP contribution in [0, 0.1) is 11.8 Å². The minimum absolute atomic E-state index is 0.0797. The Morgan fingerprint density at radius 2 is 1.77 bits per heavy atom. The molecule has 0 amide bonds. The molecule has 1 heterocycles. The second-order valence-electron chi connectivity index (χ2n) is 7.27. The van der Waals surface area contributed by atoms with Crippen LogP contribution in [0.25, 0.3) is 0 Å². The van der Waals surface area contributed by atoms with Gasteiger partial charge in [0.2, 0.25) is 5.79 Å². The molecule has 0 saturated carbocycles. The van der Waals surface area contributed by atoms with E-state index in [2.05, 4.69) is 0 Å². The summed E-state index contributed by atoms with van der Waals surface area (Å²) in [6, 6.07) is 0. The first kappa shape index (κ1) is 20.8. The van der Waals surface area contributed by atoms with Crippen LogP contribution in [0.1, 0.15) is 0 Å². The molecule has 0 aromatic rings. The van der Waals surface area contributed by atoms with Crippen molar-refractivity contribution in [3.8, 4) is 0 Å². The molecule has 164 valence electrons. The second-order valence-corrected chi connectivity index (χ2v) is 7.27. The Hall–Kier alpha value is -3.50. The van der Waals surface area contributed by atoms with E-state index in [1.807, 2.05) is 0 Å². The molecule has 4 atom stereocenters. The predicted molar refractivity (Wildman–Crippen MR) is 103 cm³/mol. The van der Waals surface area contributed by atoms with E-state index in [1.165, 1.54) is 26.4 Å². The number of aliphatic carboxylic acids is 1. The molecule has 0 fully saturated rings. The lowest BCUT2D eigenvalue weighted by Gasteiger charge is -2.49. The highest BCUT2D eigenvalue weighted by molar-refractivity contribution is 5.98. The standard InChI is InChI=1S/C21H20O10/c1-28-14-6-12(23)18-15-8(14)4-9(20(27)29-2)16(19(25)26)17(15)10-5-11(22)13(24)7-21(10,30-3)31-18/h4-7,15-16,18,22-24H,1-3H3,(H,25,26). The Kier molecular flexibility index (Phi) is 4.71. The van der Waals surface area contributed by atoms with E-state index in [4.69, 9.17) is 18.9 Å². The topological polar surface area (TPSA) is 152 Å². The maximum atomic E-state index is 12.5. The van der Waals surface area contributed by atoms with Crippen LogP contribution in [0.15, 0.2) is 69.6 Å². The molecule has 10 nitrogen and oxygen atoms in total. The number of carbonyl (C=O) groups excluding carboxylic acids is 1. The largest absolute Gasteiger partial charge is 0.509 e. The van der Waals surface area contributed by atoms with Crippen LogP contribution >= 0.6 is 0 Å². The van der Waals surface area contributed by atoms with Gasteiger partial charge in [0, 0.05) is 36.3 Å². The molecule has 0 aromatic heterocycles. The van der Waals surface area contributed by atoms with E-state index in [9.17, 15) is 30.0 Å². The number of aliphatic hydroxyl groups excluding tert-OH is 3. The van der Waals surface area contributed by atoms with E-state index in [-0.39, 0.29) is 28.2 Å². The van der Waals surface area contributed by atoms with Crippen LogP contribution in [0.4, 0.5) is 0 Å². The summed E-state index contributed by atoms with van der Waals surface area (Å²) >= 11 is 0. The Bertz CT molecular complexity index is 1070. The van der Waals surface area contributed by atoms with E-state index in [0.717, 1.165) is 19.3 Å². The molecule has 4 aliphatic rings. The fourth-order valence-electron chi connectivity index (χ4n) is 4.50. The SMILES string of the molecule is COC(=O)C1=CC2=C(OC)C=C(O)C3OC4(OC)C=C(O)C(O)=CC4=C(C1C(=O)O)C23. The molecule has 0 bridgehead atoms. The molecule has 0 spiro atoms. The summed E-state index contributed by atoms with van der Waals surface area (Å²) in [7, 11) is 3.76. The molecule has 10 heteroatoms. The molecule has 4 N–H and O–H groups in total. The van der Waals surface area contributed by atoms with Crippen LogP contribution in [-0.4, -0.2) is 65.6 Å². The first-order valence-corrected chi connectivity index (χ1v) is 9.20. The zero-order valence-corrected chi connectivity index (χ0v) is 16.8. The average molecular weight is 432 g/mol. The van der Waals surface area contributed by atoms with Crippen molar-refractivity contribution in [3.05, 3.63) is 69.6 Å². The first-order valence-electron chi connectivity index (χ1n) is 9.20. The number of allylic oxidation sites excluding steroid dienone is 2. The summed E-state index contributed by atoms with van der Waals surface area (Å²) in [5.41, 5.74) is 0.427. The highest BCUT2D eigenvalue weighted by Crippen LogP contribution is 2.54. The number of fused-ring (bicyclic) bond motifs is 1. The molecule has 0 saturated heterocycles. The third-order valence-corrected chi connectivity index (χ3v) is 5.81. The molecule has 0 radical (unpaired) electrons. The van der Waals surface area contributed by atoms with Gasteiger partial charge in [0.15, 0.2) is 11.5 Å². The molecule has 4 unspecified atom stereocenters. The summed E-state index contributed by atoms with van der Waals surface area (Å²) < 4.78 is 21.7. The average Bonchev–Trinajstić information content (AvgIpc) is 2.75. The number of carboxylic acids is 1. The molecular weight excluding hydrogens is 412 g/mol. The lowest BCUT2D eigenvalue weighted by Crippen LogP contribution is -2.53. The fraction of sp³-hybridized carbons (Fsp3) is 0.333. The number of carboxylic acid groups (broad SMARTS) is 1. The summed E-state index contributed by atoms with van der Waals surface area (Å²) in [4.78, 5) is 24.9. The molecular formula is C21H20O10. The smallest absolute Gasteiger partial charge is 0.334 e. The van der Waals surface area contributed by atoms with Crippen molar-refractivity contribution >= 4 is 11.9 Å². The first-order chi connectivity index (χ1) is 14.7. The van der Waals surface area contributed by atoms with Crippen LogP contribution in [0.5, 0.6) is 0 Å². The number of rotatable bonds is 4. The lowest BCUT2D eigenvalue weighted by molar-refractivity contribution is -0.205. The second kappa shape index (κ2) is 7.03. The van der Waals surface area contributed by atoms with Gasteiger partial charge in [-0.25, -0.2) is 4.79 Å². The summed E-state index contributed by atoms with van der Waals surface area (Å²) in [6.07, 6.45) is 3.74. The van der Waals surface area contributed by atoms with E-state index in [1.54, 1.807) is 0 Å². The number of aliphatic hydroxyl groups is 3. The summed E-state index contributed by atoms with van der Waals surface area (Å²) in [5.74, 6) is -7.56. The quantitative estimate of drug-likeness (QED) is 0.483. The lowest BCUT2D eigenvalue weighted by atomic mass is 9.65. The molecule has 4 rings (SSSR count). The third-order valence-electron chi connectivity index (χ3n) is 5.81. The van der Waals surface area contributed by atoms with Crippen molar-refractivity contribution in [2.24, 2.45) is 11.8 Å². The van der Waals surface area contributed by atoms with E-state index in [0.29, 0.717) is 5.57 Å². The van der Waals surface area contributed by atoms with Gasteiger partial charge in [-0.2, -0.15) is 0 Å². The van der Waals surface area contributed by atoms with Crippen LogP contribution in [0.3, 0.4) is 0 Å². The third kappa shape index (κ3) is 2.79. The van der Waals surface area contributed by atoms with E-state index >= 15 is 0 Å². The van der Waals surface area contributed by atoms with E-state index < -0.39 is 47.2 Å². The van der Waals surface area contributed by atoms with Gasteiger partial charge >= 0.3 is 11.9 Å². The normalized spacial score (nSPS) is 31.5. The van der Waals surface area contributed by atoms with Gasteiger partial charge in [0.05, 0.1) is 19.8 Å². The van der Waals surface area contributed by atoms with Crippen molar-refractivity contribution in [2.45, 2.75) is 11.9 Å². The van der Waals surface area contributed by atoms with Gasteiger partial charge in [-0.1, -0.05) is 0 Å². The summed E-state index contributed by atoms with van der Waals surface area (Å²) in [5, 5.41) is 41.0. The Labute approximate surface area is 176 Å². The highest BCUT2D eigenvalue weighted by atomic mass is 16.7. The number of hydrogen-bond acceptors (Lipinski definition) is 9. The van der Waals surface area contributed by atoms with Gasteiger partial charge in [0.25, 0.3) is 0 Å². The molecule has 0 aromatic carbocycles. The molecule has 3 aliphatic carbocycles. The maximum absolute atomic E-state index is 12.5. The van der Waals surface area contributed by atoms with Crippen LogP contribution in [-0.2, 0) is 28.5 Å². The Morgan fingerprint density at radius 1 is 1.06 bits per heavy atom. The predicted octanol–water partition coefficient (Wildman–Crippen LogP) is 1.71. The minimum atomic E-state index is -1.82. The number of carbonyl (C=O) groups is 2. The van der Waals surface area contributed by atoms with Crippen LogP contribution in [0.2, 0.25) is 0 Å². The van der Waals surface area contributed by atoms with Gasteiger partial charge in [-0.3, -0.25) is 4.79 Å². The van der Waals surface area contributed by atoms with Crippen molar-refractivity contribution in [3.63, 3.8) is 0 Å². The van der Waals surface area contributed by atoms with Crippen molar-refractivity contribution in [1.29, 1.82) is 0 Å². The number of esters is 1. The Morgan fingerprint density at radius 3 is 2.35 bits per heavy atom. The number of methoxy groups -OCH3 is 3. The zero-order valence-electron chi connectivity index (χ0n) is 16.8. The zero-order chi connectivity index (χ0) is 22.7. The van der Waals surface area contributed by atoms with Gasteiger partial charge in [-0.15, -0.1) is 0 Å². The monoisotopic (exact) mass is 432 g/mol. The fourth-order valence-corrected chi connectivity index (χ4v) is 4.50. The maximum Gasteiger partial charge on any atom is 0.334 e. The van der Waals surface area contributed by atoms with Crippen molar-refractivity contribution < 1.29 is 49.0 Å². The molecule has 1 aliphatic heterocycles. The van der Waals surface area contributed by atoms with Crippen molar-refractivity contribution in [1.82, 2.24) is 0 Å². The highest BCUT2D eigenvalue weighted by Gasteiger charge is 2.57. The minimum Gasteiger partial charge on any atom is -0.509 e.